The summed E-state index contributed by atoms with van der Waals surface area (Å²) in [6.45, 7) is 0. The molecule has 2 heterocycles. The van der Waals surface area contributed by atoms with Gasteiger partial charge in [0.05, 0.1) is 16.4 Å². The standard InChI is InChI=1S/C14H9F2N3O4/c15-8-6-10(17-18-13(6)21)7-11(9(8)16)19(4-1-2-4)3-5(12(7)20)14(22)23/h3-4H,1-2H2,(H,22,23)(H2,17,18,21). The van der Waals surface area contributed by atoms with E-state index in [1.54, 1.807) is 0 Å². The molecule has 2 aromatic heterocycles. The topological polar surface area (TPSA) is 108 Å². The number of fused-ring (bicyclic) bond motifs is 3. The van der Waals surface area contributed by atoms with Crippen LogP contribution in [0.1, 0.15) is 29.2 Å². The molecule has 23 heavy (non-hydrogen) atoms. The number of aromatic carboxylic acids is 1. The summed E-state index contributed by atoms with van der Waals surface area (Å²) in [7, 11) is 0. The highest BCUT2D eigenvalue weighted by atomic mass is 19.2. The minimum atomic E-state index is -1.47. The van der Waals surface area contributed by atoms with Gasteiger partial charge in [-0.25, -0.2) is 13.6 Å². The second kappa shape index (κ2) is 4.28. The highest BCUT2D eigenvalue weighted by Crippen LogP contribution is 2.38. The summed E-state index contributed by atoms with van der Waals surface area (Å²) in [4.78, 5) is 35.4. The molecule has 0 aliphatic heterocycles. The fourth-order valence-corrected chi connectivity index (χ4v) is 2.85. The number of hydrogen-bond acceptors (Lipinski definition) is 3. The summed E-state index contributed by atoms with van der Waals surface area (Å²) >= 11 is 0. The molecule has 9 heteroatoms. The molecule has 1 aromatic carbocycles. The van der Waals surface area contributed by atoms with E-state index in [9.17, 15) is 28.3 Å². The third-order valence-corrected chi connectivity index (χ3v) is 4.05. The molecule has 1 saturated carbocycles. The number of carboxylic acid groups (broad SMARTS) is 1. The van der Waals surface area contributed by atoms with Crippen LogP contribution >= 0.6 is 0 Å². The summed E-state index contributed by atoms with van der Waals surface area (Å²) < 4.78 is 30.0. The fourth-order valence-electron chi connectivity index (χ4n) is 2.85. The van der Waals surface area contributed by atoms with E-state index in [1.165, 1.54) is 4.57 Å². The van der Waals surface area contributed by atoms with Crippen LogP contribution in [-0.2, 0) is 0 Å². The van der Waals surface area contributed by atoms with Gasteiger partial charge in [0.1, 0.15) is 10.9 Å². The van der Waals surface area contributed by atoms with Gasteiger partial charge >= 0.3 is 5.97 Å². The van der Waals surface area contributed by atoms with Gasteiger partial charge in [0.2, 0.25) is 5.43 Å². The predicted octanol–water partition coefficient (Wildman–Crippen LogP) is 1.48. The van der Waals surface area contributed by atoms with E-state index in [0.29, 0.717) is 12.8 Å². The first-order valence-electron chi connectivity index (χ1n) is 6.81. The molecule has 3 N–H and O–H groups in total. The van der Waals surface area contributed by atoms with Crippen LogP contribution in [0.2, 0.25) is 0 Å². The van der Waals surface area contributed by atoms with Crippen molar-refractivity contribution >= 4 is 27.8 Å². The molecule has 4 rings (SSSR count). The van der Waals surface area contributed by atoms with E-state index in [1.807, 2.05) is 0 Å². The lowest BCUT2D eigenvalue weighted by atomic mass is 10.1. The minimum absolute atomic E-state index is 0.201. The Hall–Kier alpha value is -2.97. The van der Waals surface area contributed by atoms with E-state index in [0.717, 1.165) is 6.20 Å². The van der Waals surface area contributed by atoms with Crippen LogP contribution in [0.3, 0.4) is 0 Å². The van der Waals surface area contributed by atoms with Crippen molar-refractivity contribution in [1.82, 2.24) is 14.8 Å². The van der Waals surface area contributed by atoms with Gasteiger partial charge in [-0.3, -0.25) is 19.8 Å². The number of rotatable bonds is 2. The van der Waals surface area contributed by atoms with Crippen molar-refractivity contribution in [2.75, 3.05) is 0 Å². The van der Waals surface area contributed by atoms with E-state index in [-0.39, 0.29) is 22.5 Å². The highest BCUT2D eigenvalue weighted by Gasteiger charge is 2.31. The lowest BCUT2D eigenvalue weighted by Gasteiger charge is -2.13. The molecule has 0 radical (unpaired) electrons. The predicted molar refractivity (Wildman–Crippen MR) is 75.8 cm³/mol. The number of carbonyl (C=O) groups is 1. The summed E-state index contributed by atoms with van der Waals surface area (Å²) in [5.41, 5.74) is -3.01. The van der Waals surface area contributed by atoms with Gasteiger partial charge in [-0.15, -0.1) is 0 Å². The van der Waals surface area contributed by atoms with Crippen molar-refractivity contribution in [2.24, 2.45) is 0 Å². The lowest BCUT2D eigenvalue weighted by Crippen LogP contribution is -2.20. The summed E-state index contributed by atoms with van der Waals surface area (Å²) in [6.07, 6.45) is 2.36. The lowest BCUT2D eigenvalue weighted by molar-refractivity contribution is 0.0695. The third-order valence-electron chi connectivity index (χ3n) is 4.05. The first kappa shape index (κ1) is 13.7. The van der Waals surface area contributed by atoms with Crippen molar-refractivity contribution in [3.05, 3.63) is 44.0 Å². The van der Waals surface area contributed by atoms with Crippen LogP contribution in [0.4, 0.5) is 8.78 Å². The van der Waals surface area contributed by atoms with E-state index >= 15 is 0 Å². The zero-order valence-electron chi connectivity index (χ0n) is 11.4. The summed E-state index contributed by atoms with van der Waals surface area (Å²) in [5, 5.41) is 12.7. The van der Waals surface area contributed by atoms with Crippen LogP contribution in [0.25, 0.3) is 21.8 Å². The number of aromatic amines is 2. The smallest absolute Gasteiger partial charge is 0.341 e. The molecular weight excluding hydrogens is 312 g/mol. The number of benzene rings is 1. The second-order valence-electron chi connectivity index (χ2n) is 5.50. The molecule has 0 spiro atoms. The van der Waals surface area contributed by atoms with E-state index < -0.39 is 39.5 Å². The first-order chi connectivity index (χ1) is 10.9. The Morgan fingerprint density at radius 1 is 1.17 bits per heavy atom. The van der Waals surface area contributed by atoms with Crippen molar-refractivity contribution in [2.45, 2.75) is 18.9 Å². The van der Waals surface area contributed by atoms with Crippen LogP contribution in [0.5, 0.6) is 0 Å². The van der Waals surface area contributed by atoms with E-state index in [4.69, 9.17) is 0 Å². The maximum atomic E-state index is 14.5. The van der Waals surface area contributed by atoms with Crippen LogP contribution < -0.4 is 11.0 Å². The average molecular weight is 321 g/mol. The number of halogens is 2. The van der Waals surface area contributed by atoms with Gasteiger partial charge in [0.15, 0.2) is 11.6 Å². The number of pyridine rings is 1. The van der Waals surface area contributed by atoms with Crippen LogP contribution in [0.15, 0.2) is 15.8 Å². The van der Waals surface area contributed by atoms with Gasteiger partial charge in [-0.2, -0.15) is 0 Å². The molecule has 0 amide bonds. The highest BCUT2D eigenvalue weighted by molar-refractivity contribution is 6.06. The molecule has 7 nitrogen and oxygen atoms in total. The summed E-state index contributed by atoms with van der Waals surface area (Å²) in [6, 6.07) is -0.201. The van der Waals surface area contributed by atoms with Crippen LogP contribution in [-0.4, -0.2) is 25.8 Å². The molecule has 0 bridgehead atoms. The van der Waals surface area contributed by atoms with Gasteiger partial charge in [-0.1, -0.05) is 0 Å². The Bertz CT molecular complexity index is 1120. The fraction of sp³-hybridized carbons (Fsp3) is 0.214. The summed E-state index contributed by atoms with van der Waals surface area (Å²) in [5.74, 6) is -4.17. The molecule has 1 aliphatic rings. The largest absolute Gasteiger partial charge is 0.477 e. The number of aromatic nitrogens is 3. The Labute approximate surface area is 125 Å². The molecule has 3 aromatic rings. The number of H-pyrrole nitrogens is 2. The molecule has 1 aliphatic carbocycles. The SMILES string of the molecule is O=C(O)c1cn(C2CC2)c2c(F)c(F)c3c(=O)[nH][nH]c3c2c1=O. The zero-order valence-corrected chi connectivity index (χ0v) is 11.4. The quantitative estimate of drug-likeness (QED) is 0.664. The van der Waals surface area contributed by atoms with Crippen LogP contribution in [0, 0.1) is 11.6 Å². The molecule has 0 unspecified atom stereocenters. The molecule has 1 fully saturated rings. The second-order valence-corrected chi connectivity index (χ2v) is 5.50. The number of hydrogen-bond donors (Lipinski definition) is 3. The number of carboxylic acids is 1. The maximum Gasteiger partial charge on any atom is 0.341 e. The Morgan fingerprint density at radius 3 is 2.48 bits per heavy atom. The first-order valence-corrected chi connectivity index (χ1v) is 6.81. The van der Waals surface area contributed by atoms with Crippen molar-refractivity contribution in [3.63, 3.8) is 0 Å². The van der Waals surface area contributed by atoms with Gasteiger partial charge in [0, 0.05) is 12.2 Å². The number of nitrogens with zero attached hydrogens (tertiary/aromatic N) is 1. The monoisotopic (exact) mass is 321 g/mol. The Balaban J connectivity index is 2.36. The number of nitrogens with one attached hydrogen (secondary N) is 2. The Kier molecular flexibility index (Phi) is 2.54. The molecular formula is C14H9F2N3O4. The third kappa shape index (κ3) is 1.70. The zero-order chi connectivity index (χ0) is 16.5. The molecule has 0 atom stereocenters. The molecule has 0 saturated heterocycles. The molecule has 118 valence electrons. The van der Waals surface area contributed by atoms with Gasteiger partial charge < -0.3 is 9.67 Å². The Morgan fingerprint density at radius 2 is 1.87 bits per heavy atom. The van der Waals surface area contributed by atoms with Gasteiger partial charge in [0.25, 0.3) is 5.56 Å². The minimum Gasteiger partial charge on any atom is -0.477 e. The normalized spacial score (nSPS) is 14.7. The maximum absolute atomic E-state index is 14.5. The average Bonchev–Trinajstić information content (AvgIpc) is 3.27. The van der Waals surface area contributed by atoms with Crippen molar-refractivity contribution in [1.29, 1.82) is 0 Å². The van der Waals surface area contributed by atoms with E-state index in [2.05, 4.69) is 10.2 Å². The van der Waals surface area contributed by atoms with Crippen molar-refractivity contribution < 1.29 is 18.7 Å². The van der Waals surface area contributed by atoms with Crippen molar-refractivity contribution in [3.8, 4) is 0 Å². The van der Waals surface area contributed by atoms with Gasteiger partial charge in [-0.05, 0) is 12.8 Å².